The van der Waals surface area contributed by atoms with Crippen molar-refractivity contribution in [3.8, 4) is 11.5 Å². The monoisotopic (exact) mass is 458 g/mol. The molecule has 25 heavy (non-hydrogen) atoms. The third kappa shape index (κ3) is 7.03. The molecule has 2 aromatic rings. The van der Waals surface area contributed by atoms with Crippen LogP contribution in [0.3, 0.4) is 0 Å². The molecule has 0 atom stereocenters. The molecule has 0 saturated heterocycles. The number of rotatable bonds is 7. The third-order valence-electron chi connectivity index (χ3n) is 3.55. The minimum Gasteiger partial charge on any atom is -0.444 e. The smallest absolute Gasteiger partial charge is 0.226 e. The lowest BCUT2D eigenvalue weighted by atomic mass is 10.1. The molecule has 7 heteroatoms. The van der Waals surface area contributed by atoms with Gasteiger partial charge in [0.05, 0.1) is 12.1 Å². The Morgan fingerprint density at radius 3 is 2.60 bits per heavy atom. The summed E-state index contributed by atoms with van der Waals surface area (Å²) >= 11 is 0. The molecular weight excluding hydrogens is 431 g/mol. The van der Waals surface area contributed by atoms with Gasteiger partial charge in [0.1, 0.15) is 12.0 Å². The summed E-state index contributed by atoms with van der Waals surface area (Å²) in [4.78, 5) is 9.03. The molecular formula is C18H27IN4O2. The second-order valence-electron chi connectivity index (χ2n) is 6.02. The maximum Gasteiger partial charge on any atom is 0.226 e. The molecule has 0 bridgehead atoms. The molecule has 0 saturated carbocycles. The summed E-state index contributed by atoms with van der Waals surface area (Å²) in [5.74, 6) is 1.34. The van der Waals surface area contributed by atoms with Gasteiger partial charge < -0.3 is 19.8 Å². The molecule has 0 aliphatic carbocycles. The number of guanidine groups is 1. The highest BCUT2D eigenvalue weighted by Crippen LogP contribution is 2.18. The lowest BCUT2D eigenvalue weighted by Crippen LogP contribution is -2.45. The van der Waals surface area contributed by atoms with E-state index in [9.17, 15) is 0 Å². The molecule has 0 radical (unpaired) electrons. The van der Waals surface area contributed by atoms with Crippen molar-refractivity contribution < 1.29 is 9.15 Å². The molecule has 0 aliphatic heterocycles. The Kier molecular flexibility index (Phi) is 8.91. The van der Waals surface area contributed by atoms with Crippen LogP contribution in [0.1, 0.15) is 26.5 Å². The van der Waals surface area contributed by atoms with Crippen LogP contribution in [0.2, 0.25) is 0 Å². The molecule has 0 spiro atoms. The summed E-state index contributed by atoms with van der Waals surface area (Å²) in [6.07, 6.45) is 1.65. The molecule has 0 unspecified atom stereocenters. The first-order chi connectivity index (χ1) is 11.5. The number of benzene rings is 1. The summed E-state index contributed by atoms with van der Waals surface area (Å²) in [5, 5.41) is 6.49. The Bertz CT molecular complexity index is 656. The summed E-state index contributed by atoms with van der Waals surface area (Å²) in [6, 6.07) is 9.83. The Morgan fingerprint density at radius 2 is 1.96 bits per heavy atom. The number of aliphatic imine (C=N–C) groups is 1. The van der Waals surface area contributed by atoms with Crippen molar-refractivity contribution in [2.24, 2.45) is 4.99 Å². The maximum absolute atomic E-state index is 5.53. The molecule has 2 rings (SSSR count). The van der Waals surface area contributed by atoms with Gasteiger partial charge in [0, 0.05) is 25.8 Å². The molecule has 1 aromatic heterocycles. The zero-order valence-electron chi connectivity index (χ0n) is 15.2. The van der Waals surface area contributed by atoms with Crippen LogP contribution in [-0.2, 0) is 11.3 Å². The predicted molar refractivity (Wildman–Crippen MR) is 111 cm³/mol. The van der Waals surface area contributed by atoms with Gasteiger partial charge in [-0.1, -0.05) is 18.2 Å². The van der Waals surface area contributed by atoms with Gasteiger partial charge in [-0.3, -0.25) is 0 Å². The number of nitrogens with one attached hydrogen (secondary N) is 2. The van der Waals surface area contributed by atoms with Crippen molar-refractivity contribution in [1.29, 1.82) is 0 Å². The second kappa shape index (κ2) is 10.4. The van der Waals surface area contributed by atoms with Gasteiger partial charge in [-0.15, -0.1) is 24.0 Å². The highest BCUT2D eigenvalue weighted by atomic mass is 127. The van der Waals surface area contributed by atoms with Crippen LogP contribution < -0.4 is 10.6 Å². The third-order valence-corrected chi connectivity index (χ3v) is 3.55. The van der Waals surface area contributed by atoms with Crippen LogP contribution in [0, 0.1) is 0 Å². The zero-order chi connectivity index (χ0) is 17.4. The van der Waals surface area contributed by atoms with Crippen molar-refractivity contribution >= 4 is 29.9 Å². The lowest BCUT2D eigenvalue weighted by Gasteiger charge is -2.24. The normalized spacial score (nSPS) is 11.8. The van der Waals surface area contributed by atoms with E-state index in [0.717, 1.165) is 23.8 Å². The average Bonchev–Trinajstić information content (AvgIpc) is 3.07. The number of oxazole rings is 1. The number of aromatic nitrogens is 1. The van der Waals surface area contributed by atoms with E-state index in [0.29, 0.717) is 19.0 Å². The number of nitrogens with zero attached hydrogens (tertiary/aromatic N) is 2. The lowest BCUT2D eigenvalue weighted by molar-refractivity contribution is 0.0268. The first kappa shape index (κ1) is 21.4. The fourth-order valence-corrected chi connectivity index (χ4v) is 1.96. The number of hydrogen-bond donors (Lipinski definition) is 2. The topological polar surface area (TPSA) is 71.7 Å². The van der Waals surface area contributed by atoms with Crippen LogP contribution in [0.4, 0.5) is 0 Å². The summed E-state index contributed by atoms with van der Waals surface area (Å²) < 4.78 is 10.9. The van der Waals surface area contributed by atoms with E-state index in [1.54, 1.807) is 13.4 Å². The van der Waals surface area contributed by atoms with Crippen LogP contribution in [0.25, 0.3) is 11.5 Å². The molecule has 0 amide bonds. The first-order valence-electron chi connectivity index (χ1n) is 8.11. The summed E-state index contributed by atoms with van der Waals surface area (Å²) in [6.45, 7) is 7.96. The molecule has 6 nitrogen and oxygen atoms in total. The van der Waals surface area contributed by atoms with E-state index in [1.165, 1.54) is 0 Å². The van der Waals surface area contributed by atoms with Crippen molar-refractivity contribution in [2.45, 2.75) is 32.9 Å². The first-order valence-corrected chi connectivity index (χ1v) is 8.11. The van der Waals surface area contributed by atoms with Gasteiger partial charge >= 0.3 is 0 Å². The minimum atomic E-state index is -0.259. The summed E-state index contributed by atoms with van der Waals surface area (Å²) in [7, 11) is 1.70. The van der Waals surface area contributed by atoms with E-state index in [2.05, 4.69) is 20.6 Å². The van der Waals surface area contributed by atoms with Crippen molar-refractivity contribution in [1.82, 2.24) is 15.6 Å². The van der Waals surface area contributed by atoms with E-state index in [-0.39, 0.29) is 29.6 Å². The number of halogens is 1. The van der Waals surface area contributed by atoms with Gasteiger partial charge in [-0.2, -0.15) is 0 Å². The number of hydrogen-bond acceptors (Lipinski definition) is 4. The number of ether oxygens (including phenoxy) is 1. The summed E-state index contributed by atoms with van der Waals surface area (Å²) in [5.41, 5.74) is 1.49. The van der Waals surface area contributed by atoms with Crippen molar-refractivity contribution in [3.63, 3.8) is 0 Å². The Balaban J connectivity index is 0.00000312. The van der Waals surface area contributed by atoms with Gasteiger partial charge in [0.15, 0.2) is 5.96 Å². The van der Waals surface area contributed by atoms with Crippen molar-refractivity contribution in [2.75, 3.05) is 20.2 Å². The molecule has 138 valence electrons. The molecule has 1 aromatic carbocycles. The van der Waals surface area contributed by atoms with Crippen LogP contribution in [0.15, 0.2) is 46.0 Å². The Hall–Kier alpha value is -1.61. The average molecular weight is 458 g/mol. The second-order valence-corrected chi connectivity index (χ2v) is 6.02. The fourth-order valence-electron chi connectivity index (χ4n) is 1.96. The van der Waals surface area contributed by atoms with Crippen LogP contribution in [0.5, 0.6) is 0 Å². The SMILES string of the molecule is CCNC(=NCc1coc(-c2ccccc2)n1)NCC(C)(C)OC.I. The number of methoxy groups -OCH3 is 1. The van der Waals surface area contributed by atoms with E-state index >= 15 is 0 Å². The maximum atomic E-state index is 5.53. The van der Waals surface area contributed by atoms with E-state index in [4.69, 9.17) is 9.15 Å². The Labute approximate surface area is 166 Å². The van der Waals surface area contributed by atoms with Crippen molar-refractivity contribution in [3.05, 3.63) is 42.3 Å². The van der Waals surface area contributed by atoms with E-state index < -0.39 is 0 Å². The van der Waals surface area contributed by atoms with Gasteiger partial charge in [-0.25, -0.2) is 9.98 Å². The fraction of sp³-hybridized carbons (Fsp3) is 0.444. The Morgan fingerprint density at radius 1 is 1.24 bits per heavy atom. The standard InChI is InChI=1S/C18H26N4O2.HI/c1-5-19-17(21-13-18(2,3)23-4)20-11-15-12-24-16(22-15)14-9-7-6-8-10-14;/h6-10,12H,5,11,13H2,1-4H3,(H2,19,20,21);1H. The highest BCUT2D eigenvalue weighted by Gasteiger charge is 2.16. The quantitative estimate of drug-likeness (QED) is 0.378. The minimum absolute atomic E-state index is 0. The van der Waals surface area contributed by atoms with E-state index in [1.807, 2.05) is 51.1 Å². The van der Waals surface area contributed by atoms with Gasteiger partial charge in [0.2, 0.25) is 5.89 Å². The molecule has 0 fully saturated rings. The highest BCUT2D eigenvalue weighted by molar-refractivity contribution is 14.0. The zero-order valence-corrected chi connectivity index (χ0v) is 17.5. The van der Waals surface area contributed by atoms with Crippen LogP contribution in [-0.4, -0.2) is 36.7 Å². The largest absolute Gasteiger partial charge is 0.444 e. The van der Waals surface area contributed by atoms with Crippen LogP contribution >= 0.6 is 24.0 Å². The van der Waals surface area contributed by atoms with Gasteiger partial charge in [-0.05, 0) is 32.9 Å². The van der Waals surface area contributed by atoms with Gasteiger partial charge in [0.25, 0.3) is 0 Å². The molecule has 0 aliphatic rings. The molecule has 2 N–H and O–H groups in total. The molecule has 1 heterocycles. The predicted octanol–water partition coefficient (Wildman–Crippen LogP) is 3.44.